The Morgan fingerprint density at radius 1 is 1.65 bits per heavy atom. The minimum atomic E-state index is -0.701. The zero-order valence-corrected chi connectivity index (χ0v) is 10.1. The van der Waals surface area contributed by atoms with Gasteiger partial charge in [0.15, 0.2) is 0 Å². The summed E-state index contributed by atoms with van der Waals surface area (Å²) in [4.78, 5) is 13.2. The van der Waals surface area contributed by atoms with Crippen LogP contribution in [0.3, 0.4) is 0 Å². The first-order chi connectivity index (χ1) is 8.22. The molecule has 1 fully saturated rings. The van der Waals surface area contributed by atoms with Gasteiger partial charge in [-0.2, -0.15) is 5.10 Å². The highest BCUT2D eigenvalue weighted by atomic mass is 16.4. The van der Waals surface area contributed by atoms with E-state index in [1.54, 1.807) is 6.20 Å². The summed E-state index contributed by atoms with van der Waals surface area (Å²) < 4.78 is 0. The number of carbonyl (C=O) groups is 1. The van der Waals surface area contributed by atoms with Crippen LogP contribution in [-0.2, 0) is 4.79 Å². The van der Waals surface area contributed by atoms with Crippen LogP contribution in [-0.4, -0.2) is 45.3 Å². The van der Waals surface area contributed by atoms with Crippen molar-refractivity contribution in [1.82, 2.24) is 15.1 Å². The number of hydrogen-bond acceptors (Lipinski definition) is 3. The number of carboxylic acids is 1. The summed E-state index contributed by atoms with van der Waals surface area (Å²) in [5.41, 5.74) is 1.17. The second kappa shape index (κ2) is 5.31. The van der Waals surface area contributed by atoms with E-state index in [2.05, 4.69) is 15.1 Å². The molecule has 5 nitrogen and oxygen atoms in total. The van der Waals surface area contributed by atoms with Crippen molar-refractivity contribution in [2.24, 2.45) is 0 Å². The summed E-state index contributed by atoms with van der Waals surface area (Å²) in [6.07, 6.45) is 4.45. The van der Waals surface area contributed by atoms with E-state index in [0.717, 1.165) is 25.9 Å². The molecule has 1 aromatic heterocycles. The summed E-state index contributed by atoms with van der Waals surface area (Å²) in [5, 5.41) is 16.1. The van der Waals surface area contributed by atoms with Crippen LogP contribution >= 0.6 is 0 Å². The molecule has 0 radical (unpaired) electrons. The van der Waals surface area contributed by atoms with Crippen LogP contribution in [0.2, 0.25) is 0 Å². The predicted molar refractivity (Wildman–Crippen MR) is 63.9 cm³/mol. The molecule has 1 aromatic rings. The van der Waals surface area contributed by atoms with Gasteiger partial charge in [0, 0.05) is 17.8 Å². The van der Waals surface area contributed by atoms with Crippen molar-refractivity contribution in [2.45, 2.75) is 38.1 Å². The fraction of sp³-hybridized carbons (Fsp3) is 0.667. The standard InChI is InChI=1S/C12H19N3O2/c1-2-11(12(16)17)15-7-4-9(5-8-15)10-3-6-13-14-10/h3,6,9,11H,2,4-5,7-8H2,1H3,(H,13,14)(H,16,17). The Hall–Kier alpha value is -1.36. The molecule has 2 rings (SSSR count). The monoisotopic (exact) mass is 237 g/mol. The zero-order valence-electron chi connectivity index (χ0n) is 10.1. The maximum absolute atomic E-state index is 11.1. The molecule has 0 saturated carbocycles. The molecule has 0 bridgehead atoms. The number of H-pyrrole nitrogens is 1. The number of aromatic amines is 1. The lowest BCUT2D eigenvalue weighted by Crippen LogP contribution is -2.45. The first-order valence-electron chi connectivity index (χ1n) is 6.18. The number of hydrogen-bond donors (Lipinski definition) is 2. The molecule has 1 atom stereocenters. The Balaban J connectivity index is 1.91. The molecule has 0 aliphatic carbocycles. The number of rotatable bonds is 4. The van der Waals surface area contributed by atoms with Crippen molar-refractivity contribution < 1.29 is 9.90 Å². The summed E-state index contributed by atoms with van der Waals surface area (Å²) in [6.45, 7) is 3.64. The fourth-order valence-corrected chi connectivity index (χ4v) is 2.61. The second-order valence-electron chi connectivity index (χ2n) is 4.58. The maximum atomic E-state index is 11.1. The third-order valence-corrected chi connectivity index (χ3v) is 3.60. The average Bonchev–Trinajstić information content (AvgIpc) is 2.84. The van der Waals surface area contributed by atoms with Crippen LogP contribution < -0.4 is 0 Å². The molecule has 2 N–H and O–H groups in total. The van der Waals surface area contributed by atoms with Gasteiger partial charge in [0.1, 0.15) is 6.04 Å². The van der Waals surface area contributed by atoms with Gasteiger partial charge in [0.05, 0.1) is 0 Å². The molecule has 1 unspecified atom stereocenters. The minimum Gasteiger partial charge on any atom is -0.480 e. The van der Waals surface area contributed by atoms with Gasteiger partial charge in [-0.05, 0) is 38.4 Å². The van der Waals surface area contributed by atoms with Crippen LogP contribution in [0.15, 0.2) is 12.3 Å². The number of piperidine rings is 1. The van der Waals surface area contributed by atoms with Gasteiger partial charge in [-0.25, -0.2) is 0 Å². The maximum Gasteiger partial charge on any atom is 0.320 e. The van der Waals surface area contributed by atoms with Crippen molar-refractivity contribution in [3.8, 4) is 0 Å². The number of nitrogens with zero attached hydrogens (tertiary/aromatic N) is 2. The molecule has 5 heteroatoms. The Morgan fingerprint density at radius 2 is 2.35 bits per heavy atom. The van der Waals surface area contributed by atoms with E-state index in [1.165, 1.54) is 5.69 Å². The van der Waals surface area contributed by atoms with Crippen LogP contribution in [0.25, 0.3) is 0 Å². The molecular weight excluding hydrogens is 218 g/mol. The average molecular weight is 237 g/mol. The molecule has 1 saturated heterocycles. The highest BCUT2D eigenvalue weighted by Crippen LogP contribution is 2.27. The Kier molecular flexibility index (Phi) is 3.78. The SMILES string of the molecule is CCC(C(=O)O)N1CCC(c2ccn[nH]2)CC1. The van der Waals surface area contributed by atoms with E-state index in [9.17, 15) is 4.79 Å². The summed E-state index contributed by atoms with van der Waals surface area (Å²) in [5.74, 6) is -0.201. The van der Waals surface area contributed by atoms with Gasteiger partial charge in [-0.3, -0.25) is 14.8 Å². The lowest BCUT2D eigenvalue weighted by molar-refractivity contribution is -0.143. The topological polar surface area (TPSA) is 69.2 Å². The van der Waals surface area contributed by atoms with Gasteiger partial charge in [-0.15, -0.1) is 0 Å². The Morgan fingerprint density at radius 3 is 2.82 bits per heavy atom. The first kappa shape index (κ1) is 12.1. The number of nitrogens with one attached hydrogen (secondary N) is 1. The first-order valence-corrected chi connectivity index (χ1v) is 6.18. The molecule has 17 heavy (non-hydrogen) atoms. The number of carboxylic acid groups (broad SMARTS) is 1. The number of aliphatic carboxylic acids is 1. The minimum absolute atomic E-state index is 0.322. The van der Waals surface area contributed by atoms with E-state index in [1.807, 2.05) is 13.0 Å². The molecule has 0 amide bonds. The van der Waals surface area contributed by atoms with Crippen molar-refractivity contribution in [2.75, 3.05) is 13.1 Å². The van der Waals surface area contributed by atoms with E-state index in [0.29, 0.717) is 12.3 Å². The molecule has 0 spiro atoms. The normalized spacial score (nSPS) is 20.3. The van der Waals surface area contributed by atoms with Crippen LogP contribution in [0.1, 0.15) is 37.8 Å². The van der Waals surface area contributed by atoms with E-state index >= 15 is 0 Å². The molecule has 0 aromatic carbocycles. The molecule has 94 valence electrons. The Labute approximate surface area is 101 Å². The van der Waals surface area contributed by atoms with Crippen LogP contribution in [0.5, 0.6) is 0 Å². The van der Waals surface area contributed by atoms with E-state index in [4.69, 9.17) is 5.11 Å². The highest BCUT2D eigenvalue weighted by Gasteiger charge is 2.29. The molecular formula is C12H19N3O2. The Bertz CT molecular complexity index is 356. The van der Waals surface area contributed by atoms with Crippen molar-refractivity contribution in [3.63, 3.8) is 0 Å². The van der Waals surface area contributed by atoms with Crippen molar-refractivity contribution in [3.05, 3.63) is 18.0 Å². The van der Waals surface area contributed by atoms with Crippen molar-refractivity contribution >= 4 is 5.97 Å². The van der Waals surface area contributed by atoms with E-state index in [-0.39, 0.29) is 6.04 Å². The van der Waals surface area contributed by atoms with Gasteiger partial charge >= 0.3 is 5.97 Å². The molecule has 1 aliphatic heterocycles. The summed E-state index contributed by atoms with van der Waals surface area (Å²) in [6, 6.07) is 1.69. The lowest BCUT2D eigenvalue weighted by atomic mass is 9.92. The van der Waals surface area contributed by atoms with Crippen LogP contribution in [0, 0.1) is 0 Å². The summed E-state index contributed by atoms with van der Waals surface area (Å²) >= 11 is 0. The number of aromatic nitrogens is 2. The molecule has 1 aliphatic rings. The van der Waals surface area contributed by atoms with Crippen molar-refractivity contribution in [1.29, 1.82) is 0 Å². The smallest absolute Gasteiger partial charge is 0.320 e. The second-order valence-corrected chi connectivity index (χ2v) is 4.58. The van der Waals surface area contributed by atoms with Gasteiger partial charge in [0.25, 0.3) is 0 Å². The molecule has 2 heterocycles. The van der Waals surface area contributed by atoms with Gasteiger partial charge in [0.2, 0.25) is 0 Å². The fourth-order valence-electron chi connectivity index (χ4n) is 2.61. The van der Waals surface area contributed by atoms with Crippen LogP contribution in [0.4, 0.5) is 0 Å². The van der Waals surface area contributed by atoms with E-state index < -0.39 is 5.97 Å². The number of likely N-dealkylation sites (tertiary alicyclic amines) is 1. The summed E-state index contributed by atoms with van der Waals surface area (Å²) in [7, 11) is 0. The predicted octanol–water partition coefficient (Wildman–Crippen LogP) is 1.45. The highest BCUT2D eigenvalue weighted by molar-refractivity contribution is 5.73. The van der Waals surface area contributed by atoms with Gasteiger partial charge in [-0.1, -0.05) is 6.92 Å². The van der Waals surface area contributed by atoms with Gasteiger partial charge < -0.3 is 5.11 Å². The quantitative estimate of drug-likeness (QED) is 0.831. The third-order valence-electron chi connectivity index (χ3n) is 3.60. The largest absolute Gasteiger partial charge is 0.480 e. The lowest BCUT2D eigenvalue weighted by Gasteiger charge is -2.34. The third kappa shape index (κ3) is 2.66. The zero-order chi connectivity index (χ0) is 12.3.